The highest BCUT2D eigenvalue weighted by Crippen LogP contribution is 2.42. The van der Waals surface area contributed by atoms with Crippen LogP contribution in [-0.4, -0.2) is 45.5 Å². The van der Waals surface area contributed by atoms with Gasteiger partial charge in [-0.25, -0.2) is 4.79 Å². The standard InChI is InChI=1S/C17H21NO3S/c19-15(13-4-6-14(7-5-13)16(20)21)18-10-11-22-17(12-18)8-2-1-3-9-17/h4-7H,1-3,8-12H2,(H,20,21). The molecule has 1 spiro atoms. The number of carboxylic acids is 1. The smallest absolute Gasteiger partial charge is 0.335 e. The van der Waals surface area contributed by atoms with E-state index in [4.69, 9.17) is 5.11 Å². The number of hydrogen-bond donors (Lipinski definition) is 1. The van der Waals surface area contributed by atoms with Crippen molar-refractivity contribution in [2.45, 2.75) is 36.9 Å². The Morgan fingerprint density at radius 1 is 1.05 bits per heavy atom. The zero-order valence-electron chi connectivity index (χ0n) is 12.6. The molecule has 2 fully saturated rings. The van der Waals surface area contributed by atoms with Crippen LogP contribution in [0.3, 0.4) is 0 Å². The van der Waals surface area contributed by atoms with Gasteiger partial charge in [-0.15, -0.1) is 0 Å². The van der Waals surface area contributed by atoms with Gasteiger partial charge < -0.3 is 10.0 Å². The molecule has 3 rings (SSSR count). The minimum absolute atomic E-state index is 0.0298. The van der Waals surface area contributed by atoms with Crippen LogP contribution in [0.5, 0.6) is 0 Å². The number of carbonyl (C=O) groups is 2. The Labute approximate surface area is 134 Å². The van der Waals surface area contributed by atoms with Crippen LogP contribution >= 0.6 is 11.8 Å². The van der Waals surface area contributed by atoms with Crippen LogP contribution in [0, 0.1) is 0 Å². The van der Waals surface area contributed by atoms with Gasteiger partial charge in [-0.05, 0) is 37.1 Å². The molecule has 5 heteroatoms. The lowest BCUT2D eigenvalue weighted by molar-refractivity contribution is 0.0692. The molecule has 1 aromatic rings. The van der Waals surface area contributed by atoms with Crippen molar-refractivity contribution in [3.63, 3.8) is 0 Å². The molecule has 2 aliphatic rings. The Morgan fingerprint density at radius 3 is 2.32 bits per heavy atom. The molecule has 1 heterocycles. The van der Waals surface area contributed by atoms with Crippen molar-refractivity contribution in [1.82, 2.24) is 4.90 Å². The Hall–Kier alpha value is -1.49. The Balaban J connectivity index is 1.72. The van der Waals surface area contributed by atoms with Gasteiger partial charge in [-0.2, -0.15) is 11.8 Å². The van der Waals surface area contributed by atoms with Crippen molar-refractivity contribution in [1.29, 1.82) is 0 Å². The zero-order chi connectivity index (χ0) is 15.6. The number of aromatic carboxylic acids is 1. The topological polar surface area (TPSA) is 57.6 Å². The van der Waals surface area contributed by atoms with Crippen LogP contribution in [0.15, 0.2) is 24.3 Å². The van der Waals surface area contributed by atoms with Gasteiger partial charge in [-0.1, -0.05) is 19.3 Å². The second kappa shape index (κ2) is 6.32. The maximum absolute atomic E-state index is 12.7. The number of thioether (sulfide) groups is 1. The van der Waals surface area contributed by atoms with E-state index in [9.17, 15) is 9.59 Å². The highest BCUT2D eigenvalue weighted by atomic mass is 32.2. The number of hydrogen-bond acceptors (Lipinski definition) is 3. The summed E-state index contributed by atoms with van der Waals surface area (Å²) in [5.74, 6) is 0.0654. The van der Waals surface area contributed by atoms with E-state index in [1.54, 1.807) is 12.1 Å². The van der Waals surface area contributed by atoms with Crippen molar-refractivity contribution in [2.75, 3.05) is 18.8 Å². The van der Waals surface area contributed by atoms with Crippen molar-refractivity contribution >= 4 is 23.6 Å². The van der Waals surface area contributed by atoms with Gasteiger partial charge in [0.1, 0.15) is 0 Å². The number of amides is 1. The molecule has 118 valence electrons. The Bertz CT molecular complexity index is 558. The summed E-state index contributed by atoms with van der Waals surface area (Å²) in [6.07, 6.45) is 6.26. The molecule has 1 saturated heterocycles. The van der Waals surface area contributed by atoms with Gasteiger partial charge >= 0.3 is 5.97 Å². The van der Waals surface area contributed by atoms with Crippen molar-refractivity contribution < 1.29 is 14.7 Å². The number of benzene rings is 1. The predicted molar refractivity (Wildman–Crippen MR) is 87.6 cm³/mol. The van der Waals surface area contributed by atoms with Crippen LogP contribution in [0.1, 0.15) is 52.8 Å². The highest BCUT2D eigenvalue weighted by molar-refractivity contribution is 8.00. The summed E-state index contributed by atoms with van der Waals surface area (Å²) in [7, 11) is 0. The Kier molecular flexibility index (Phi) is 4.43. The van der Waals surface area contributed by atoms with Crippen LogP contribution < -0.4 is 0 Å². The van der Waals surface area contributed by atoms with E-state index in [2.05, 4.69) is 0 Å². The third-order valence-electron chi connectivity index (χ3n) is 4.68. The molecule has 0 radical (unpaired) electrons. The van der Waals surface area contributed by atoms with Crippen molar-refractivity contribution in [3.05, 3.63) is 35.4 Å². The molecular weight excluding hydrogens is 298 g/mol. The fourth-order valence-corrected chi connectivity index (χ4v) is 5.02. The quantitative estimate of drug-likeness (QED) is 0.909. The van der Waals surface area contributed by atoms with Gasteiger partial charge in [0.25, 0.3) is 5.91 Å². The molecule has 1 aliphatic carbocycles. The Morgan fingerprint density at radius 2 is 1.68 bits per heavy atom. The van der Waals surface area contributed by atoms with Crippen LogP contribution in [0.4, 0.5) is 0 Å². The molecule has 0 bridgehead atoms. The number of carboxylic acid groups (broad SMARTS) is 1. The lowest BCUT2D eigenvalue weighted by Crippen LogP contribution is -2.49. The second-order valence-corrected chi connectivity index (χ2v) is 7.76. The van der Waals surface area contributed by atoms with Crippen molar-refractivity contribution in [2.24, 2.45) is 0 Å². The van der Waals surface area contributed by atoms with E-state index < -0.39 is 5.97 Å². The molecular formula is C17H21NO3S. The first-order valence-corrected chi connectivity index (χ1v) is 8.85. The fraction of sp³-hybridized carbons (Fsp3) is 0.529. The van der Waals surface area contributed by atoms with E-state index in [1.807, 2.05) is 16.7 Å². The zero-order valence-corrected chi connectivity index (χ0v) is 13.4. The minimum atomic E-state index is -0.963. The summed E-state index contributed by atoms with van der Waals surface area (Å²) in [5, 5.41) is 8.93. The first kappa shape index (κ1) is 15.4. The highest BCUT2D eigenvalue weighted by Gasteiger charge is 2.38. The molecule has 0 aromatic heterocycles. The van der Waals surface area contributed by atoms with Gasteiger partial charge in [0.15, 0.2) is 0 Å². The number of rotatable bonds is 2. The SMILES string of the molecule is O=C(O)c1ccc(C(=O)N2CCSC3(CCCCC3)C2)cc1. The van der Waals surface area contributed by atoms with E-state index in [0.29, 0.717) is 5.56 Å². The largest absolute Gasteiger partial charge is 0.478 e. The third-order valence-corrected chi connectivity index (χ3v) is 6.22. The molecule has 1 aliphatic heterocycles. The summed E-state index contributed by atoms with van der Waals surface area (Å²) in [5.41, 5.74) is 0.803. The average molecular weight is 319 g/mol. The monoisotopic (exact) mass is 319 g/mol. The molecule has 1 amide bonds. The number of carbonyl (C=O) groups excluding carboxylic acids is 1. The summed E-state index contributed by atoms with van der Waals surface area (Å²) in [4.78, 5) is 25.5. The first-order chi connectivity index (χ1) is 10.6. The van der Waals surface area contributed by atoms with E-state index in [1.165, 1.54) is 44.2 Å². The van der Waals surface area contributed by atoms with Gasteiger partial charge in [-0.3, -0.25) is 4.79 Å². The summed E-state index contributed by atoms with van der Waals surface area (Å²) in [6.45, 7) is 1.61. The van der Waals surface area contributed by atoms with Crippen LogP contribution in [-0.2, 0) is 0 Å². The molecule has 1 saturated carbocycles. The predicted octanol–water partition coefficient (Wildman–Crippen LogP) is 3.28. The van der Waals surface area contributed by atoms with Gasteiger partial charge in [0, 0.05) is 29.2 Å². The molecule has 0 unspecified atom stereocenters. The van der Waals surface area contributed by atoms with Crippen LogP contribution in [0.2, 0.25) is 0 Å². The normalized spacial score (nSPS) is 20.8. The van der Waals surface area contributed by atoms with Crippen LogP contribution in [0.25, 0.3) is 0 Å². The van der Waals surface area contributed by atoms with Gasteiger partial charge in [0.2, 0.25) is 0 Å². The summed E-state index contributed by atoms with van der Waals surface area (Å²) in [6, 6.07) is 6.26. The van der Waals surface area contributed by atoms with E-state index in [-0.39, 0.29) is 16.2 Å². The molecule has 4 nitrogen and oxygen atoms in total. The lowest BCUT2D eigenvalue weighted by Gasteiger charge is -2.44. The summed E-state index contributed by atoms with van der Waals surface area (Å²) < 4.78 is 0.257. The molecule has 1 aromatic carbocycles. The maximum atomic E-state index is 12.7. The average Bonchev–Trinajstić information content (AvgIpc) is 2.55. The second-order valence-electron chi connectivity index (χ2n) is 6.20. The number of nitrogens with zero attached hydrogens (tertiary/aromatic N) is 1. The summed E-state index contributed by atoms with van der Waals surface area (Å²) >= 11 is 2.04. The first-order valence-electron chi connectivity index (χ1n) is 7.86. The van der Waals surface area contributed by atoms with E-state index in [0.717, 1.165) is 18.8 Å². The maximum Gasteiger partial charge on any atom is 0.335 e. The fourth-order valence-electron chi connectivity index (χ4n) is 3.45. The van der Waals surface area contributed by atoms with E-state index >= 15 is 0 Å². The molecule has 0 atom stereocenters. The minimum Gasteiger partial charge on any atom is -0.478 e. The molecule has 22 heavy (non-hydrogen) atoms. The van der Waals surface area contributed by atoms with Gasteiger partial charge in [0.05, 0.1) is 5.56 Å². The lowest BCUT2D eigenvalue weighted by atomic mass is 9.87. The molecule has 1 N–H and O–H groups in total. The van der Waals surface area contributed by atoms with Crippen molar-refractivity contribution in [3.8, 4) is 0 Å². The third kappa shape index (κ3) is 3.14.